The number of halogens is 1. The summed E-state index contributed by atoms with van der Waals surface area (Å²) in [5.41, 5.74) is 2.42. The first kappa shape index (κ1) is 23.7. The Morgan fingerprint density at radius 3 is 2.54 bits per heavy atom. The van der Waals surface area contributed by atoms with Crippen molar-refractivity contribution >= 4 is 51.7 Å². The lowest BCUT2D eigenvalue weighted by atomic mass is 10.2. The fraction of sp³-hybridized carbons (Fsp3) is 0.280. The van der Waals surface area contributed by atoms with E-state index in [1.54, 1.807) is 24.4 Å². The van der Waals surface area contributed by atoms with E-state index in [4.69, 9.17) is 17.2 Å². The number of aromatic nitrogens is 2. The minimum absolute atomic E-state index is 0.226. The largest absolute Gasteiger partial charge is 0.353 e. The van der Waals surface area contributed by atoms with Crippen molar-refractivity contribution < 1.29 is 9.18 Å². The van der Waals surface area contributed by atoms with Crippen LogP contribution in [0.5, 0.6) is 0 Å². The van der Waals surface area contributed by atoms with Crippen molar-refractivity contribution in [2.75, 3.05) is 38.1 Å². The van der Waals surface area contributed by atoms with E-state index in [1.165, 1.54) is 21.4 Å². The molecular formula is C25H24FN5O2S2. The minimum Gasteiger partial charge on any atom is -0.353 e. The summed E-state index contributed by atoms with van der Waals surface area (Å²) in [5, 5.41) is 0. The fourth-order valence-corrected chi connectivity index (χ4v) is 5.46. The molecule has 1 aromatic carbocycles. The number of amides is 1. The van der Waals surface area contributed by atoms with Crippen LogP contribution in [0.25, 0.3) is 11.7 Å². The van der Waals surface area contributed by atoms with Gasteiger partial charge < -0.3 is 9.80 Å². The molecule has 5 rings (SSSR count). The average Bonchev–Trinajstić information content (AvgIpc) is 3.10. The lowest BCUT2D eigenvalue weighted by molar-refractivity contribution is -0.122. The summed E-state index contributed by atoms with van der Waals surface area (Å²) in [4.78, 5) is 38.0. The summed E-state index contributed by atoms with van der Waals surface area (Å²) >= 11 is 6.64. The van der Waals surface area contributed by atoms with Crippen LogP contribution >= 0.6 is 24.0 Å². The molecule has 2 aromatic heterocycles. The van der Waals surface area contributed by atoms with Gasteiger partial charge in [0.1, 0.15) is 21.6 Å². The van der Waals surface area contributed by atoms with Gasteiger partial charge in [0.2, 0.25) is 0 Å². The van der Waals surface area contributed by atoms with Crippen molar-refractivity contribution in [3.63, 3.8) is 0 Å². The van der Waals surface area contributed by atoms with Gasteiger partial charge in [0.15, 0.2) is 0 Å². The summed E-state index contributed by atoms with van der Waals surface area (Å²) < 4.78 is 15.2. The molecule has 2 aliphatic rings. The molecule has 35 heavy (non-hydrogen) atoms. The Balaban J connectivity index is 1.56. The number of benzene rings is 1. The number of hydrogen-bond acceptors (Lipinski definition) is 7. The van der Waals surface area contributed by atoms with E-state index in [1.807, 2.05) is 19.1 Å². The molecule has 1 amide bonds. The van der Waals surface area contributed by atoms with Crippen LogP contribution < -0.4 is 10.5 Å². The van der Waals surface area contributed by atoms with Crippen LogP contribution in [0.2, 0.25) is 0 Å². The molecule has 3 aromatic rings. The van der Waals surface area contributed by atoms with Crippen LogP contribution in [0.4, 0.5) is 10.2 Å². The molecule has 2 fully saturated rings. The Morgan fingerprint density at radius 1 is 1.11 bits per heavy atom. The van der Waals surface area contributed by atoms with Crippen LogP contribution in [0.3, 0.4) is 0 Å². The van der Waals surface area contributed by atoms with Gasteiger partial charge in [-0.05, 0) is 49.4 Å². The molecule has 0 N–H and O–H groups in total. The molecule has 2 saturated heterocycles. The van der Waals surface area contributed by atoms with Crippen molar-refractivity contribution in [1.29, 1.82) is 0 Å². The Hall–Kier alpha value is -3.08. The lowest BCUT2D eigenvalue weighted by Crippen LogP contribution is -2.45. The zero-order valence-electron chi connectivity index (χ0n) is 19.4. The Kier molecular flexibility index (Phi) is 6.43. The Bertz CT molecular complexity index is 1410. The number of aryl methyl sites for hydroxylation is 1. The highest BCUT2D eigenvalue weighted by Gasteiger charge is 2.33. The van der Waals surface area contributed by atoms with E-state index < -0.39 is 0 Å². The molecule has 0 spiro atoms. The van der Waals surface area contributed by atoms with E-state index in [0.29, 0.717) is 26.3 Å². The van der Waals surface area contributed by atoms with E-state index >= 15 is 0 Å². The summed E-state index contributed by atoms with van der Waals surface area (Å²) in [6.07, 6.45) is 3.32. The first-order chi connectivity index (χ1) is 16.8. The van der Waals surface area contributed by atoms with Crippen molar-refractivity contribution in [2.45, 2.75) is 13.5 Å². The summed E-state index contributed by atoms with van der Waals surface area (Å²) in [6.45, 7) is 5.34. The first-order valence-corrected chi connectivity index (χ1v) is 12.5. The molecule has 0 saturated carbocycles. The van der Waals surface area contributed by atoms with Crippen molar-refractivity contribution in [1.82, 2.24) is 19.2 Å². The molecule has 0 aliphatic carbocycles. The maximum Gasteiger partial charge on any atom is 0.267 e. The molecule has 2 aliphatic heterocycles. The van der Waals surface area contributed by atoms with Crippen LogP contribution in [0.15, 0.2) is 52.3 Å². The van der Waals surface area contributed by atoms with E-state index in [-0.39, 0.29) is 23.8 Å². The van der Waals surface area contributed by atoms with Crippen LogP contribution in [0, 0.1) is 12.7 Å². The number of thioether (sulfide) groups is 1. The van der Waals surface area contributed by atoms with Crippen LogP contribution in [-0.4, -0.2) is 62.6 Å². The highest BCUT2D eigenvalue weighted by Crippen LogP contribution is 2.34. The maximum atomic E-state index is 13.6. The van der Waals surface area contributed by atoms with Crippen LogP contribution in [0.1, 0.15) is 16.7 Å². The minimum atomic E-state index is -0.338. The lowest BCUT2D eigenvalue weighted by Gasteiger charge is -2.34. The number of rotatable bonds is 4. The molecule has 0 atom stereocenters. The zero-order valence-corrected chi connectivity index (χ0v) is 21.0. The summed E-state index contributed by atoms with van der Waals surface area (Å²) in [6, 6.07) is 9.71. The fourth-order valence-electron chi connectivity index (χ4n) is 4.23. The summed E-state index contributed by atoms with van der Waals surface area (Å²) in [5.74, 6) is -0.0291. The van der Waals surface area contributed by atoms with Gasteiger partial charge in [-0.2, -0.15) is 0 Å². The SMILES string of the molecule is Cc1cccn2c(=O)c(/C=C3\SC(=S)N(Cc4ccc(F)cc4)C3=O)c(N3CCN(C)CC3)nc12. The van der Waals surface area contributed by atoms with Gasteiger partial charge in [-0.1, -0.05) is 42.2 Å². The normalized spacial score (nSPS) is 18.3. The number of piperazine rings is 1. The average molecular weight is 510 g/mol. The number of thiocarbonyl (C=S) groups is 1. The molecule has 180 valence electrons. The van der Waals surface area contributed by atoms with E-state index in [0.717, 1.165) is 49.1 Å². The number of carbonyl (C=O) groups excluding carboxylic acids is 1. The molecule has 10 heteroatoms. The van der Waals surface area contributed by atoms with Crippen molar-refractivity contribution in [3.05, 3.63) is 80.4 Å². The number of hydrogen-bond donors (Lipinski definition) is 0. The first-order valence-electron chi connectivity index (χ1n) is 11.3. The van der Waals surface area contributed by atoms with Gasteiger partial charge in [-0.3, -0.25) is 18.9 Å². The van der Waals surface area contributed by atoms with Gasteiger partial charge in [-0.25, -0.2) is 9.37 Å². The smallest absolute Gasteiger partial charge is 0.267 e. The van der Waals surface area contributed by atoms with E-state index in [2.05, 4.69) is 16.8 Å². The zero-order chi connectivity index (χ0) is 24.7. The quantitative estimate of drug-likeness (QED) is 0.395. The van der Waals surface area contributed by atoms with Crippen molar-refractivity contribution in [2.24, 2.45) is 0 Å². The third-order valence-corrected chi connectivity index (χ3v) is 7.65. The van der Waals surface area contributed by atoms with Crippen LogP contribution in [-0.2, 0) is 11.3 Å². The number of pyridine rings is 1. The van der Waals surface area contributed by atoms with Crippen molar-refractivity contribution in [3.8, 4) is 0 Å². The van der Waals surface area contributed by atoms with Gasteiger partial charge in [0.05, 0.1) is 17.0 Å². The van der Waals surface area contributed by atoms with Gasteiger partial charge in [0, 0.05) is 32.4 Å². The second kappa shape index (κ2) is 9.52. The second-order valence-electron chi connectivity index (χ2n) is 8.72. The Labute approximate surface area is 211 Å². The highest BCUT2D eigenvalue weighted by atomic mass is 32.2. The number of fused-ring (bicyclic) bond motifs is 1. The molecule has 0 radical (unpaired) electrons. The molecular weight excluding hydrogens is 485 g/mol. The molecule has 7 nitrogen and oxygen atoms in total. The van der Waals surface area contributed by atoms with Gasteiger partial charge in [-0.15, -0.1) is 0 Å². The van der Waals surface area contributed by atoms with E-state index in [9.17, 15) is 14.0 Å². The molecule has 4 heterocycles. The maximum absolute atomic E-state index is 13.6. The topological polar surface area (TPSA) is 61.2 Å². The predicted molar refractivity (Wildman–Crippen MR) is 141 cm³/mol. The standard InChI is InChI=1S/C25H24FN5O2S2/c1-16-4-3-9-30-21(16)27-22(29-12-10-28(2)11-13-29)19(23(30)32)14-20-24(33)31(25(34)35-20)15-17-5-7-18(26)8-6-17/h3-9,14H,10-13,15H2,1-2H3/b20-14-. The Morgan fingerprint density at radius 2 is 1.83 bits per heavy atom. The summed E-state index contributed by atoms with van der Waals surface area (Å²) in [7, 11) is 2.07. The predicted octanol–water partition coefficient (Wildman–Crippen LogP) is 3.30. The number of nitrogens with zero attached hydrogens (tertiary/aromatic N) is 5. The van der Waals surface area contributed by atoms with Gasteiger partial charge in [0.25, 0.3) is 11.5 Å². The number of anilines is 1. The number of likely N-dealkylation sites (N-methyl/N-ethyl adjacent to an activating group) is 1. The highest BCUT2D eigenvalue weighted by molar-refractivity contribution is 8.26. The van der Waals surface area contributed by atoms with Gasteiger partial charge >= 0.3 is 0 Å². The monoisotopic (exact) mass is 509 g/mol. The molecule has 0 bridgehead atoms. The second-order valence-corrected chi connectivity index (χ2v) is 10.4. The molecule has 0 unspecified atom stereocenters. The third kappa shape index (κ3) is 4.61. The third-order valence-electron chi connectivity index (χ3n) is 6.27. The number of carbonyl (C=O) groups is 1.